The molecule has 1 unspecified atom stereocenters. The van der Waals surface area contributed by atoms with Crippen LogP contribution in [0.1, 0.15) is 30.6 Å². The quantitative estimate of drug-likeness (QED) is 0.773. The summed E-state index contributed by atoms with van der Waals surface area (Å²) in [5.74, 6) is 1.19. The Kier molecular flexibility index (Phi) is 5.48. The summed E-state index contributed by atoms with van der Waals surface area (Å²) in [4.78, 5) is 12.1. The SMILES string of the molecule is CCC(C)CNC(=O)c1cc(OC)cc(OC)c1N. The number of nitrogens with two attached hydrogens (primary N) is 1. The molecule has 0 fully saturated rings. The number of benzene rings is 1. The molecular weight excluding hydrogens is 244 g/mol. The molecule has 0 aromatic heterocycles. The van der Waals surface area contributed by atoms with Gasteiger partial charge in [-0.3, -0.25) is 4.79 Å². The summed E-state index contributed by atoms with van der Waals surface area (Å²) in [6, 6.07) is 3.27. The third kappa shape index (κ3) is 3.77. The van der Waals surface area contributed by atoms with Crippen LogP contribution >= 0.6 is 0 Å². The Morgan fingerprint density at radius 2 is 2.05 bits per heavy atom. The first kappa shape index (κ1) is 15.1. The molecule has 1 aromatic rings. The van der Waals surface area contributed by atoms with Crippen LogP contribution in [0.25, 0.3) is 0 Å². The zero-order valence-electron chi connectivity index (χ0n) is 11.9. The van der Waals surface area contributed by atoms with Crippen LogP contribution < -0.4 is 20.5 Å². The van der Waals surface area contributed by atoms with E-state index in [9.17, 15) is 4.79 Å². The number of nitrogen functional groups attached to an aromatic ring is 1. The molecule has 19 heavy (non-hydrogen) atoms. The maximum absolute atomic E-state index is 12.1. The van der Waals surface area contributed by atoms with Crippen LogP contribution in [0, 0.1) is 5.92 Å². The van der Waals surface area contributed by atoms with Crippen molar-refractivity contribution in [2.45, 2.75) is 20.3 Å². The van der Waals surface area contributed by atoms with Gasteiger partial charge in [0, 0.05) is 12.6 Å². The van der Waals surface area contributed by atoms with E-state index in [1.165, 1.54) is 14.2 Å². The molecule has 3 N–H and O–H groups in total. The van der Waals surface area contributed by atoms with Gasteiger partial charge >= 0.3 is 0 Å². The van der Waals surface area contributed by atoms with Gasteiger partial charge in [-0.2, -0.15) is 0 Å². The Labute approximate surface area is 114 Å². The Morgan fingerprint density at radius 3 is 2.58 bits per heavy atom. The Balaban J connectivity index is 2.95. The molecule has 0 spiro atoms. The van der Waals surface area contributed by atoms with Crippen LogP contribution in [0.15, 0.2) is 12.1 Å². The summed E-state index contributed by atoms with van der Waals surface area (Å²) in [5, 5.41) is 2.86. The molecule has 0 bridgehead atoms. The van der Waals surface area contributed by atoms with E-state index in [0.29, 0.717) is 35.2 Å². The van der Waals surface area contributed by atoms with Gasteiger partial charge in [-0.1, -0.05) is 20.3 Å². The van der Waals surface area contributed by atoms with Crippen molar-refractivity contribution >= 4 is 11.6 Å². The molecule has 1 aromatic carbocycles. The van der Waals surface area contributed by atoms with Gasteiger partial charge in [-0.05, 0) is 12.0 Å². The Morgan fingerprint density at radius 1 is 1.37 bits per heavy atom. The van der Waals surface area contributed by atoms with Crippen molar-refractivity contribution in [2.24, 2.45) is 5.92 Å². The first-order chi connectivity index (χ1) is 9.03. The van der Waals surface area contributed by atoms with Gasteiger partial charge in [0.05, 0.1) is 25.5 Å². The number of anilines is 1. The van der Waals surface area contributed by atoms with E-state index < -0.39 is 0 Å². The summed E-state index contributed by atoms with van der Waals surface area (Å²) in [7, 11) is 3.04. The maximum Gasteiger partial charge on any atom is 0.253 e. The van der Waals surface area contributed by atoms with Crippen LogP contribution in [0.2, 0.25) is 0 Å². The first-order valence-corrected chi connectivity index (χ1v) is 6.33. The van der Waals surface area contributed by atoms with E-state index >= 15 is 0 Å². The molecule has 0 aliphatic carbocycles. The van der Waals surface area contributed by atoms with E-state index in [0.717, 1.165) is 6.42 Å². The van der Waals surface area contributed by atoms with Crippen molar-refractivity contribution in [2.75, 3.05) is 26.5 Å². The lowest BCUT2D eigenvalue weighted by molar-refractivity contribution is 0.0948. The molecule has 0 aliphatic heterocycles. The van der Waals surface area contributed by atoms with Crippen LogP contribution in [0.4, 0.5) is 5.69 Å². The van der Waals surface area contributed by atoms with Crippen molar-refractivity contribution in [1.82, 2.24) is 5.32 Å². The van der Waals surface area contributed by atoms with E-state index in [1.807, 2.05) is 0 Å². The summed E-state index contributed by atoms with van der Waals surface area (Å²) in [5.41, 5.74) is 6.61. The molecule has 1 atom stereocenters. The van der Waals surface area contributed by atoms with Crippen molar-refractivity contribution < 1.29 is 14.3 Å². The van der Waals surface area contributed by atoms with E-state index in [4.69, 9.17) is 15.2 Å². The third-order valence-corrected chi connectivity index (χ3v) is 3.12. The number of rotatable bonds is 6. The number of hydrogen-bond donors (Lipinski definition) is 2. The minimum Gasteiger partial charge on any atom is -0.497 e. The predicted molar refractivity (Wildman–Crippen MR) is 75.7 cm³/mol. The fourth-order valence-electron chi connectivity index (χ4n) is 1.58. The van der Waals surface area contributed by atoms with Crippen LogP contribution in [0.5, 0.6) is 11.5 Å². The number of carbonyl (C=O) groups is 1. The summed E-state index contributed by atoms with van der Waals surface area (Å²) < 4.78 is 10.3. The second-order valence-corrected chi connectivity index (χ2v) is 4.51. The van der Waals surface area contributed by atoms with Gasteiger partial charge in [0.25, 0.3) is 5.91 Å². The van der Waals surface area contributed by atoms with Crippen LogP contribution in [0.3, 0.4) is 0 Å². The molecule has 106 valence electrons. The van der Waals surface area contributed by atoms with Crippen molar-refractivity contribution in [3.63, 3.8) is 0 Å². The molecule has 0 heterocycles. The highest BCUT2D eigenvalue weighted by molar-refractivity contribution is 6.00. The monoisotopic (exact) mass is 266 g/mol. The smallest absolute Gasteiger partial charge is 0.253 e. The second-order valence-electron chi connectivity index (χ2n) is 4.51. The van der Waals surface area contributed by atoms with Crippen LogP contribution in [-0.2, 0) is 0 Å². The number of nitrogens with one attached hydrogen (secondary N) is 1. The highest BCUT2D eigenvalue weighted by Crippen LogP contribution is 2.30. The number of amides is 1. The van der Waals surface area contributed by atoms with E-state index in [2.05, 4.69) is 19.2 Å². The van der Waals surface area contributed by atoms with Gasteiger partial charge in [0.1, 0.15) is 11.5 Å². The molecule has 0 aliphatic rings. The summed E-state index contributed by atoms with van der Waals surface area (Å²) >= 11 is 0. The normalized spacial score (nSPS) is 11.8. The topological polar surface area (TPSA) is 73.6 Å². The number of hydrogen-bond acceptors (Lipinski definition) is 4. The van der Waals surface area contributed by atoms with E-state index in [1.54, 1.807) is 12.1 Å². The lowest BCUT2D eigenvalue weighted by atomic mass is 10.1. The van der Waals surface area contributed by atoms with E-state index in [-0.39, 0.29) is 5.91 Å². The molecule has 1 rings (SSSR count). The maximum atomic E-state index is 12.1. The van der Waals surface area contributed by atoms with Gasteiger partial charge in [-0.25, -0.2) is 0 Å². The fourth-order valence-corrected chi connectivity index (χ4v) is 1.58. The third-order valence-electron chi connectivity index (χ3n) is 3.12. The highest BCUT2D eigenvalue weighted by atomic mass is 16.5. The lowest BCUT2D eigenvalue weighted by Gasteiger charge is -2.14. The first-order valence-electron chi connectivity index (χ1n) is 6.33. The number of ether oxygens (including phenoxy) is 2. The Hall–Kier alpha value is -1.91. The number of carbonyl (C=O) groups excluding carboxylic acids is 1. The minimum atomic E-state index is -0.213. The lowest BCUT2D eigenvalue weighted by Crippen LogP contribution is -2.28. The minimum absolute atomic E-state index is 0.213. The zero-order valence-corrected chi connectivity index (χ0v) is 11.9. The van der Waals surface area contributed by atoms with Crippen molar-refractivity contribution in [3.05, 3.63) is 17.7 Å². The Bertz CT molecular complexity index is 447. The average Bonchev–Trinajstić information content (AvgIpc) is 2.44. The summed E-state index contributed by atoms with van der Waals surface area (Å²) in [6.07, 6.45) is 1.01. The predicted octanol–water partition coefficient (Wildman–Crippen LogP) is 2.06. The van der Waals surface area contributed by atoms with Gasteiger partial charge in [-0.15, -0.1) is 0 Å². The standard InChI is InChI=1S/C14H22N2O3/c1-5-9(2)8-16-14(17)11-6-10(18-3)7-12(19-4)13(11)15/h6-7,9H,5,8,15H2,1-4H3,(H,16,17). The molecule has 1 amide bonds. The highest BCUT2D eigenvalue weighted by Gasteiger charge is 2.16. The number of methoxy groups -OCH3 is 2. The van der Waals surface area contributed by atoms with Crippen molar-refractivity contribution in [3.8, 4) is 11.5 Å². The van der Waals surface area contributed by atoms with Gasteiger partial charge in [0.15, 0.2) is 0 Å². The van der Waals surface area contributed by atoms with Gasteiger partial charge < -0.3 is 20.5 Å². The molecule has 5 heteroatoms. The largest absolute Gasteiger partial charge is 0.497 e. The van der Waals surface area contributed by atoms with Gasteiger partial charge in [0.2, 0.25) is 0 Å². The molecule has 0 radical (unpaired) electrons. The zero-order chi connectivity index (χ0) is 14.4. The summed E-state index contributed by atoms with van der Waals surface area (Å²) in [6.45, 7) is 4.78. The fraction of sp³-hybridized carbons (Fsp3) is 0.500. The molecular formula is C14H22N2O3. The van der Waals surface area contributed by atoms with Crippen molar-refractivity contribution in [1.29, 1.82) is 0 Å². The average molecular weight is 266 g/mol. The second kappa shape index (κ2) is 6.87. The molecule has 5 nitrogen and oxygen atoms in total. The molecule has 0 saturated heterocycles. The van der Waals surface area contributed by atoms with Crippen LogP contribution in [-0.4, -0.2) is 26.7 Å². The molecule has 0 saturated carbocycles.